The predicted octanol–water partition coefficient (Wildman–Crippen LogP) is 3.32. The predicted molar refractivity (Wildman–Crippen MR) is 118 cm³/mol. The number of urea groups is 1. The van der Waals surface area contributed by atoms with Gasteiger partial charge < -0.3 is 20.3 Å². The molecular formula is C21H23ClN8O2. The Morgan fingerprint density at radius 2 is 2.03 bits per heavy atom. The fourth-order valence-electron chi connectivity index (χ4n) is 4.19. The van der Waals surface area contributed by atoms with Gasteiger partial charge in [-0.1, -0.05) is 30.3 Å². The number of hydrogen-bond donors (Lipinski definition) is 3. The first-order valence-corrected chi connectivity index (χ1v) is 10.7. The Bertz CT molecular complexity index is 1170. The number of aromatic amines is 1. The molecular weight excluding hydrogens is 432 g/mol. The minimum absolute atomic E-state index is 0.00488. The number of rotatable bonds is 5. The van der Waals surface area contributed by atoms with Crippen molar-refractivity contribution in [2.24, 2.45) is 0 Å². The minimum Gasteiger partial charge on any atom is -0.467 e. The van der Waals surface area contributed by atoms with Crippen molar-refractivity contribution in [3.63, 3.8) is 0 Å². The van der Waals surface area contributed by atoms with Gasteiger partial charge >= 0.3 is 12.0 Å². The maximum absolute atomic E-state index is 13.1. The second kappa shape index (κ2) is 7.63. The molecule has 0 bridgehead atoms. The Kier molecular flexibility index (Phi) is 4.89. The van der Waals surface area contributed by atoms with Gasteiger partial charge in [0.1, 0.15) is 0 Å². The molecule has 2 amide bonds. The Morgan fingerprint density at radius 3 is 2.78 bits per heavy atom. The van der Waals surface area contributed by atoms with Crippen molar-refractivity contribution in [2.75, 3.05) is 12.4 Å². The summed E-state index contributed by atoms with van der Waals surface area (Å²) in [7, 11) is 1.45. The quantitative estimate of drug-likeness (QED) is 0.540. The van der Waals surface area contributed by atoms with E-state index in [0.29, 0.717) is 18.3 Å². The topological polar surface area (TPSA) is 121 Å². The number of nitrogens with zero attached hydrogens (tertiary/aromatic N) is 5. The standard InChI is InChI=1S/C21H23ClN8O2/c1-21(2)15-13(16(29-28-15)24-18-25-17(22)26-19(27-18)32-3)10-30(21)20(31)23-14-9-12(14)11-7-5-4-6-8-11/h4-8,12,14H,9-10H2,1-3H3,(H,23,31)(H2,24,25,26,27,28,29). The summed E-state index contributed by atoms with van der Waals surface area (Å²) in [5.41, 5.74) is 2.43. The number of carbonyl (C=O) groups excluding carboxylic acids is 1. The van der Waals surface area contributed by atoms with E-state index in [1.165, 1.54) is 12.7 Å². The number of anilines is 2. The summed E-state index contributed by atoms with van der Waals surface area (Å²) < 4.78 is 5.04. The third-order valence-corrected chi connectivity index (χ3v) is 6.21. The number of amides is 2. The number of hydrogen-bond acceptors (Lipinski definition) is 7. The van der Waals surface area contributed by atoms with E-state index < -0.39 is 5.54 Å². The molecule has 3 aromatic rings. The van der Waals surface area contributed by atoms with Crippen LogP contribution >= 0.6 is 11.6 Å². The average molecular weight is 455 g/mol. The molecule has 2 aliphatic rings. The van der Waals surface area contributed by atoms with Gasteiger partial charge in [-0.05, 0) is 37.4 Å². The molecule has 0 saturated heterocycles. The van der Waals surface area contributed by atoms with Gasteiger partial charge in [-0.3, -0.25) is 5.10 Å². The molecule has 3 heterocycles. The summed E-state index contributed by atoms with van der Waals surface area (Å²) in [5.74, 6) is 1.10. The van der Waals surface area contributed by atoms with Gasteiger partial charge in [0.05, 0.1) is 24.9 Å². The van der Waals surface area contributed by atoms with Crippen LogP contribution in [0.4, 0.5) is 16.6 Å². The van der Waals surface area contributed by atoms with Crippen LogP contribution < -0.4 is 15.4 Å². The van der Waals surface area contributed by atoms with Crippen molar-refractivity contribution in [3.8, 4) is 6.01 Å². The third-order valence-electron chi connectivity index (χ3n) is 6.04. The highest BCUT2D eigenvalue weighted by Crippen LogP contribution is 2.43. The minimum atomic E-state index is -0.558. The zero-order chi connectivity index (χ0) is 22.5. The number of carbonyl (C=O) groups is 1. The van der Waals surface area contributed by atoms with Crippen LogP contribution in [0.25, 0.3) is 0 Å². The molecule has 32 heavy (non-hydrogen) atoms. The molecule has 10 nitrogen and oxygen atoms in total. The molecule has 11 heteroatoms. The van der Waals surface area contributed by atoms with Gasteiger partial charge in [-0.2, -0.15) is 20.1 Å². The van der Waals surface area contributed by atoms with E-state index >= 15 is 0 Å². The Labute approximate surface area is 189 Å². The highest BCUT2D eigenvalue weighted by molar-refractivity contribution is 6.28. The van der Waals surface area contributed by atoms with Gasteiger partial charge in [0.2, 0.25) is 11.2 Å². The highest BCUT2D eigenvalue weighted by Gasteiger charge is 2.46. The van der Waals surface area contributed by atoms with Crippen LogP contribution in [0.3, 0.4) is 0 Å². The molecule has 1 aromatic carbocycles. The number of fused-ring (bicyclic) bond motifs is 1. The SMILES string of the molecule is COc1nc(Cl)nc(Nc2n[nH]c3c2CN(C(=O)NC2CC2c2ccccc2)C3(C)C)n1. The number of ether oxygens (including phenoxy) is 1. The lowest BCUT2D eigenvalue weighted by atomic mass is 10.0. The van der Waals surface area contributed by atoms with Crippen molar-refractivity contribution in [2.45, 2.75) is 44.3 Å². The van der Waals surface area contributed by atoms with Gasteiger partial charge in [-0.25, -0.2) is 4.79 Å². The fourth-order valence-corrected chi connectivity index (χ4v) is 4.34. The van der Waals surface area contributed by atoms with Gasteiger partial charge in [0, 0.05) is 17.5 Å². The lowest BCUT2D eigenvalue weighted by molar-refractivity contribution is 0.142. The van der Waals surface area contributed by atoms with Crippen molar-refractivity contribution in [3.05, 3.63) is 52.4 Å². The zero-order valence-electron chi connectivity index (χ0n) is 17.9. The van der Waals surface area contributed by atoms with Gasteiger partial charge in [0.25, 0.3) is 0 Å². The van der Waals surface area contributed by atoms with Gasteiger partial charge in [0.15, 0.2) is 5.82 Å². The van der Waals surface area contributed by atoms with E-state index in [2.05, 4.69) is 47.9 Å². The van der Waals surface area contributed by atoms with Crippen molar-refractivity contribution in [1.29, 1.82) is 0 Å². The lowest BCUT2D eigenvalue weighted by Crippen LogP contribution is -2.47. The number of nitrogens with one attached hydrogen (secondary N) is 3. The second-order valence-electron chi connectivity index (χ2n) is 8.42. The lowest BCUT2D eigenvalue weighted by Gasteiger charge is -2.32. The summed E-state index contributed by atoms with van der Waals surface area (Å²) in [6, 6.07) is 10.4. The largest absolute Gasteiger partial charge is 0.467 e. The number of halogens is 1. The first-order valence-electron chi connectivity index (χ1n) is 10.3. The first-order chi connectivity index (χ1) is 15.4. The summed E-state index contributed by atoms with van der Waals surface area (Å²) >= 11 is 5.94. The fraction of sp³-hybridized carbons (Fsp3) is 0.381. The zero-order valence-corrected chi connectivity index (χ0v) is 18.6. The molecule has 0 spiro atoms. The summed E-state index contributed by atoms with van der Waals surface area (Å²) in [6.45, 7) is 4.38. The number of H-pyrrole nitrogens is 1. The molecule has 0 radical (unpaired) electrons. The maximum atomic E-state index is 13.1. The normalized spacial score (nSPS) is 20.6. The van der Waals surface area contributed by atoms with Gasteiger partial charge in [-0.15, -0.1) is 0 Å². The van der Waals surface area contributed by atoms with Crippen molar-refractivity contribution in [1.82, 2.24) is 35.4 Å². The monoisotopic (exact) mass is 454 g/mol. The van der Waals surface area contributed by atoms with E-state index in [0.717, 1.165) is 17.7 Å². The molecule has 5 rings (SSSR count). The van der Waals surface area contributed by atoms with E-state index in [4.69, 9.17) is 16.3 Å². The van der Waals surface area contributed by atoms with Crippen LogP contribution in [0.15, 0.2) is 30.3 Å². The van der Waals surface area contributed by atoms with Crippen LogP contribution in [-0.4, -0.2) is 49.2 Å². The van der Waals surface area contributed by atoms with E-state index in [1.807, 2.05) is 36.9 Å². The van der Waals surface area contributed by atoms with E-state index in [1.54, 1.807) is 0 Å². The molecule has 2 atom stereocenters. The van der Waals surface area contributed by atoms with Crippen LogP contribution in [0.2, 0.25) is 5.28 Å². The highest BCUT2D eigenvalue weighted by atomic mass is 35.5. The van der Waals surface area contributed by atoms with Crippen molar-refractivity contribution < 1.29 is 9.53 Å². The Hall–Kier alpha value is -3.40. The molecule has 3 N–H and O–H groups in total. The molecule has 1 aliphatic heterocycles. The summed E-state index contributed by atoms with van der Waals surface area (Å²) in [6.07, 6.45) is 0.950. The third kappa shape index (κ3) is 3.60. The van der Waals surface area contributed by atoms with Crippen LogP contribution in [0.1, 0.15) is 43.0 Å². The number of methoxy groups -OCH3 is 1. The molecule has 1 saturated carbocycles. The number of aromatic nitrogens is 5. The Morgan fingerprint density at radius 1 is 1.25 bits per heavy atom. The molecule has 1 aliphatic carbocycles. The smallest absolute Gasteiger partial charge is 0.322 e. The molecule has 166 valence electrons. The van der Waals surface area contributed by atoms with Crippen LogP contribution in [0.5, 0.6) is 6.01 Å². The summed E-state index contributed by atoms with van der Waals surface area (Å²) in [5, 5.41) is 13.7. The van der Waals surface area contributed by atoms with E-state index in [9.17, 15) is 4.79 Å². The molecule has 2 unspecified atom stereocenters. The van der Waals surface area contributed by atoms with Crippen molar-refractivity contribution >= 4 is 29.4 Å². The summed E-state index contributed by atoms with van der Waals surface area (Å²) in [4.78, 5) is 27.0. The average Bonchev–Trinajstić information content (AvgIpc) is 3.32. The Balaban J connectivity index is 1.31. The van der Waals surface area contributed by atoms with Crippen LogP contribution in [0, 0.1) is 0 Å². The maximum Gasteiger partial charge on any atom is 0.322 e. The number of benzene rings is 1. The molecule has 2 aromatic heterocycles. The van der Waals surface area contributed by atoms with Crippen LogP contribution in [-0.2, 0) is 12.1 Å². The second-order valence-corrected chi connectivity index (χ2v) is 8.76. The first kappa shape index (κ1) is 20.5. The van der Waals surface area contributed by atoms with E-state index in [-0.39, 0.29) is 29.3 Å². The molecule has 1 fully saturated rings.